The van der Waals surface area contributed by atoms with Gasteiger partial charge in [-0.1, -0.05) is 23.7 Å². The van der Waals surface area contributed by atoms with E-state index in [9.17, 15) is 4.79 Å². The quantitative estimate of drug-likeness (QED) is 0.783. The predicted octanol–water partition coefficient (Wildman–Crippen LogP) is 3.59. The number of rotatable bonds is 2. The van der Waals surface area contributed by atoms with Gasteiger partial charge in [0.05, 0.1) is 21.6 Å². The number of aryl methyl sites for hydroxylation is 1. The molecule has 0 radical (unpaired) electrons. The van der Waals surface area contributed by atoms with Gasteiger partial charge in [-0.15, -0.1) is 0 Å². The fourth-order valence-electron chi connectivity index (χ4n) is 2.21. The highest BCUT2D eigenvalue weighted by molar-refractivity contribution is 6.33. The average Bonchev–Trinajstić information content (AvgIpc) is 2.76. The maximum Gasteiger partial charge on any atom is 0.335 e. The molecule has 0 amide bonds. The lowest BCUT2D eigenvalue weighted by Crippen LogP contribution is -1.97. The Morgan fingerprint density at radius 2 is 2.00 bits per heavy atom. The largest absolute Gasteiger partial charge is 0.478 e. The van der Waals surface area contributed by atoms with Gasteiger partial charge in [-0.3, -0.25) is 0 Å². The number of nitrogens with zero attached hydrogens (tertiary/aromatic N) is 2. The van der Waals surface area contributed by atoms with Crippen molar-refractivity contribution in [2.24, 2.45) is 7.05 Å². The fourth-order valence-corrected chi connectivity index (χ4v) is 2.43. The third-order valence-electron chi connectivity index (χ3n) is 3.24. The Kier molecular flexibility index (Phi) is 2.95. The van der Waals surface area contributed by atoms with Gasteiger partial charge in [-0.25, -0.2) is 9.78 Å². The number of carboxylic acids is 1. The van der Waals surface area contributed by atoms with Crippen LogP contribution in [0, 0.1) is 0 Å². The molecule has 0 aliphatic rings. The Bertz CT molecular complexity index is 824. The maximum atomic E-state index is 11.0. The average molecular weight is 287 g/mol. The topological polar surface area (TPSA) is 55.1 Å². The first-order valence-electron chi connectivity index (χ1n) is 6.02. The lowest BCUT2D eigenvalue weighted by molar-refractivity contribution is 0.0697. The number of carboxylic acid groups (broad SMARTS) is 1. The van der Waals surface area contributed by atoms with Crippen molar-refractivity contribution in [3.8, 4) is 11.4 Å². The molecule has 100 valence electrons. The van der Waals surface area contributed by atoms with Crippen LogP contribution in [0.5, 0.6) is 0 Å². The number of benzene rings is 2. The summed E-state index contributed by atoms with van der Waals surface area (Å²) in [6.07, 6.45) is 0. The van der Waals surface area contributed by atoms with Crippen molar-refractivity contribution in [3.63, 3.8) is 0 Å². The summed E-state index contributed by atoms with van der Waals surface area (Å²) in [5.41, 5.74) is 2.57. The first-order valence-corrected chi connectivity index (χ1v) is 6.40. The van der Waals surface area contributed by atoms with Crippen molar-refractivity contribution in [2.45, 2.75) is 0 Å². The van der Waals surface area contributed by atoms with E-state index in [0.717, 1.165) is 16.6 Å². The SMILES string of the molecule is Cn1c(-c2ccccc2Cl)nc2ccc(C(=O)O)cc21. The van der Waals surface area contributed by atoms with Crippen molar-refractivity contribution in [3.05, 3.63) is 53.1 Å². The van der Waals surface area contributed by atoms with E-state index in [1.54, 1.807) is 24.3 Å². The van der Waals surface area contributed by atoms with E-state index in [0.29, 0.717) is 10.8 Å². The van der Waals surface area contributed by atoms with Crippen LogP contribution >= 0.6 is 11.6 Å². The number of aromatic carboxylic acids is 1. The van der Waals surface area contributed by atoms with Gasteiger partial charge in [0.2, 0.25) is 0 Å². The van der Waals surface area contributed by atoms with Crippen LogP contribution < -0.4 is 0 Å². The van der Waals surface area contributed by atoms with E-state index in [1.807, 2.05) is 29.8 Å². The minimum atomic E-state index is -0.951. The molecule has 3 rings (SSSR count). The Morgan fingerprint density at radius 3 is 2.70 bits per heavy atom. The molecular formula is C15H11ClN2O2. The zero-order chi connectivity index (χ0) is 14.3. The number of hydrogen-bond acceptors (Lipinski definition) is 2. The second-order valence-electron chi connectivity index (χ2n) is 4.48. The lowest BCUT2D eigenvalue weighted by atomic mass is 10.2. The van der Waals surface area contributed by atoms with Crippen molar-refractivity contribution in [2.75, 3.05) is 0 Å². The van der Waals surface area contributed by atoms with Crippen LogP contribution in [-0.2, 0) is 7.05 Å². The maximum absolute atomic E-state index is 11.0. The normalized spacial score (nSPS) is 10.9. The van der Waals surface area contributed by atoms with E-state index >= 15 is 0 Å². The number of imidazole rings is 1. The fraction of sp³-hybridized carbons (Fsp3) is 0.0667. The smallest absolute Gasteiger partial charge is 0.335 e. The predicted molar refractivity (Wildman–Crippen MR) is 78.1 cm³/mol. The number of fused-ring (bicyclic) bond motifs is 1. The van der Waals surface area contributed by atoms with Crippen LogP contribution in [0.25, 0.3) is 22.4 Å². The summed E-state index contributed by atoms with van der Waals surface area (Å²) in [5, 5.41) is 9.67. The molecule has 1 aromatic heterocycles. The van der Waals surface area contributed by atoms with Crippen molar-refractivity contribution in [1.82, 2.24) is 9.55 Å². The van der Waals surface area contributed by atoms with Crippen LogP contribution in [0.3, 0.4) is 0 Å². The number of aromatic nitrogens is 2. The third kappa shape index (κ3) is 1.94. The van der Waals surface area contributed by atoms with E-state index < -0.39 is 5.97 Å². The molecular weight excluding hydrogens is 276 g/mol. The van der Waals surface area contributed by atoms with Gasteiger partial charge in [0.15, 0.2) is 0 Å². The first kappa shape index (κ1) is 12.7. The van der Waals surface area contributed by atoms with E-state index in [1.165, 1.54) is 0 Å². The van der Waals surface area contributed by atoms with Gasteiger partial charge in [-0.05, 0) is 30.3 Å². The summed E-state index contributed by atoms with van der Waals surface area (Å²) in [7, 11) is 1.85. The summed E-state index contributed by atoms with van der Waals surface area (Å²) in [5.74, 6) is -0.236. The van der Waals surface area contributed by atoms with Crippen LogP contribution in [0.4, 0.5) is 0 Å². The molecule has 2 aromatic carbocycles. The van der Waals surface area contributed by atoms with Crippen LogP contribution in [0.2, 0.25) is 5.02 Å². The van der Waals surface area contributed by atoms with Crippen LogP contribution in [0.1, 0.15) is 10.4 Å². The van der Waals surface area contributed by atoms with Gasteiger partial charge in [-0.2, -0.15) is 0 Å². The molecule has 0 atom stereocenters. The minimum Gasteiger partial charge on any atom is -0.478 e. The molecule has 4 nitrogen and oxygen atoms in total. The van der Waals surface area contributed by atoms with Crippen LogP contribution in [-0.4, -0.2) is 20.6 Å². The summed E-state index contributed by atoms with van der Waals surface area (Å²) in [6.45, 7) is 0. The molecule has 1 N–H and O–H groups in total. The molecule has 0 saturated heterocycles. The van der Waals surface area contributed by atoms with E-state index in [-0.39, 0.29) is 5.56 Å². The van der Waals surface area contributed by atoms with Gasteiger partial charge >= 0.3 is 5.97 Å². The lowest BCUT2D eigenvalue weighted by Gasteiger charge is -2.04. The number of carbonyl (C=O) groups is 1. The molecule has 0 saturated carbocycles. The minimum absolute atomic E-state index is 0.242. The zero-order valence-corrected chi connectivity index (χ0v) is 11.4. The first-order chi connectivity index (χ1) is 9.58. The summed E-state index contributed by atoms with van der Waals surface area (Å²) >= 11 is 6.19. The summed E-state index contributed by atoms with van der Waals surface area (Å²) in [6, 6.07) is 12.3. The monoisotopic (exact) mass is 286 g/mol. The molecule has 0 aliphatic heterocycles. The van der Waals surface area contributed by atoms with E-state index in [2.05, 4.69) is 4.98 Å². The highest BCUT2D eigenvalue weighted by Crippen LogP contribution is 2.29. The Hall–Kier alpha value is -2.33. The van der Waals surface area contributed by atoms with E-state index in [4.69, 9.17) is 16.7 Å². The van der Waals surface area contributed by atoms with Crippen molar-refractivity contribution < 1.29 is 9.90 Å². The molecule has 0 bridgehead atoms. The molecule has 5 heteroatoms. The second kappa shape index (κ2) is 4.65. The number of hydrogen-bond donors (Lipinski definition) is 1. The van der Waals surface area contributed by atoms with Gasteiger partial charge in [0.1, 0.15) is 5.82 Å². The van der Waals surface area contributed by atoms with Gasteiger partial charge in [0, 0.05) is 12.6 Å². The Balaban J connectivity index is 2.26. The molecule has 1 heterocycles. The Morgan fingerprint density at radius 1 is 1.25 bits per heavy atom. The molecule has 20 heavy (non-hydrogen) atoms. The molecule has 0 fully saturated rings. The Labute approximate surface area is 120 Å². The van der Waals surface area contributed by atoms with Crippen molar-refractivity contribution >= 4 is 28.6 Å². The second-order valence-corrected chi connectivity index (χ2v) is 4.89. The van der Waals surface area contributed by atoms with Gasteiger partial charge < -0.3 is 9.67 Å². The molecule has 0 spiro atoms. The molecule has 3 aromatic rings. The third-order valence-corrected chi connectivity index (χ3v) is 3.57. The number of halogens is 1. The standard InChI is InChI=1S/C15H11ClN2O2/c1-18-13-8-9(15(19)20)6-7-12(13)17-14(18)10-4-2-3-5-11(10)16/h2-8H,1H3,(H,19,20). The van der Waals surface area contributed by atoms with Crippen LogP contribution in [0.15, 0.2) is 42.5 Å². The van der Waals surface area contributed by atoms with Gasteiger partial charge in [0.25, 0.3) is 0 Å². The highest BCUT2D eigenvalue weighted by Gasteiger charge is 2.14. The summed E-state index contributed by atoms with van der Waals surface area (Å²) in [4.78, 5) is 15.6. The summed E-state index contributed by atoms with van der Waals surface area (Å²) < 4.78 is 1.85. The van der Waals surface area contributed by atoms with Crippen molar-refractivity contribution in [1.29, 1.82) is 0 Å². The molecule has 0 aliphatic carbocycles. The molecule has 0 unspecified atom stereocenters. The zero-order valence-electron chi connectivity index (χ0n) is 10.7. The highest BCUT2D eigenvalue weighted by atomic mass is 35.5.